The lowest BCUT2D eigenvalue weighted by Gasteiger charge is -2.17. The molecule has 1 aromatic rings. The summed E-state index contributed by atoms with van der Waals surface area (Å²) >= 11 is 0. The molecule has 0 aromatic heterocycles. The molecule has 1 aromatic carbocycles. The van der Waals surface area contributed by atoms with E-state index in [9.17, 15) is 4.79 Å². The number of hydrogen-bond acceptors (Lipinski definition) is 3. The molecule has 0 spiro atoms. The van der Waals surface area contributed by atoms with Crippen LogP contribution < -0.4 is 20.1 Å². The highest BCUT2D eigenvalue weighted by molar-refractivity contribution is 5.74. The van der Waals surface area contributed by atoms with Crippen LogP contribution in [-0.2, 0) is 6.54 Å². The quantitative estimate of drug-likeness (QED) is 0.794. The fourth-order valence-corrected chi connectivity index (χ4v) is 2.49. The van der Waals surface area contributed by atoms with Gasteiger partial charge in [0.1, 0.15) is 0 Å². The Balaban J connectivity index is 1.97. The third kappa shape index (κ3) is 4.59. The molecule has 0 radical (unpaired) electrons. The maximum atomic E-state index is 11.5. The second-order valence-electron chi connectivity index (χ2n) is 5.25. The van der Waals surface area contributed by atoms with Crippen molar-refractivity contribution in [3.05, 3.63) is 23.8 Å². The summed E-state index contributed by atoms with van der Waals surface area (Å²) in [4.78, 5) is 11.5. The van der Waals surface area contributed by atoms with Crippen molar-refractivity contribution in [1.82, 2.24) is 10.6 Å². The van der Waals surface area contributed by atoms with E-state index in [0.29, 0.717) is 12.3 Å². The van der Waals surface area contributed by atoms with Crippen molar-refractivity contribution in [2.24, 2.45) is 0 Å². The van der Waals surface area contributed by atoms with Gasteiger partial charge in [-0.05, 0) is 43.4 Å². The number of amides is 2. The van der Waals surface area contributed by atoms with E-state index in [1.165, 1.54) is 12.8 Å². The number of nitrogens with one attached hydrogen (secondary N) is 2. The van der Waals surface area contributed by atoms with Gasteiger partial charge < -0.3 is 20.1 Å². The number of ether oxygens (including phenoxy) is 2. The van der Waals surface area contributed by atoms with Crippen LogP contribution in [0.25, 0.3) is 0 Å². The predicted octanol–water partition coefficient (Wildman–Crippen LogP) is 2.45. The van der Waals surface area contributed by atoms with Crippen LogP contribution in [0, 0.1) is 12.3 Å². The van der Waals surface area contributed by atoms with Gasteiger partial charge in [-0.15, -0.1) is 6.42 Å². The van der Waals surface area contributed by atoms with Crippen molar-refractivity contribution in [3.8, 4) is 23.8 Å². The van der Waals surface area contributed by atoms with Crippen LogP contribution in [0.5, 0.6) is 11.5 Å². The number of benzene rings is 1. The first kappa shape index (κ1) is 16.0. The van der Waals surface area contributed by atoms with Crippen LogP contribution in [0.1, 0.15) is 31.2 Å². The van der Waals surface area contributed by atoms with Crippen LogP contribution in [-0.4, -0.2) is 25.8 Å². The largest absolute Gasteiger partial charge is 0.493 e. The molecule has 118 valence electrons. The van der Waals surface area contributed by atoms with Gasteiger partial charge in [0.25, 0.3) is 0 Å². The molecule has 0 bridgehead atoms. The number of methoxy groups -OCH3 is 1. The minimum atomic E-state index is -0.285. The monoisotopic (exact) mass is 302 g/mol. The topological polar surface area (TPSA) is 59.6 Å². The number of carbonyl (C=O) groups excluding carboxylic acids is 1. The van der Waals surface area contributed by atoms with E-state index < -0.39 is 0 Å². The molecule has 22 heavy (non-hydrogen) atoms. The number of terminal acetylenes is 1. The molecule has 0 unspecified atom stereocenters. The third-order valence-electron chi connectivity index (χ3n) is 3.63. The summed E-state index contributed by atoms with van der Waals surface area (Å²) < 4.78 is 11.4. The molecular weight excluding hydrogens is 280 g/mol. The molecule has 0 heterocycles. The summed E-state index contributed by atoms with van der Waals surface area (Å²) in [6, 6.07) is 5.40. The Morgan fingerprint density at radius 2 is 2.09 bits per heavy atom. The molecule has 2 amide bonds. The summed E-state index contributed by atoms with van der Waals surface area (Å²) in [5.41, 5.74) is 0.949. The Kier molecular flexibility index (Phi) is 5.96. The lowest BCUT2D eigenvalue weighted by atomic mass is 10.2. The highest BCUT2D eigenvalue weighted by Crippen LogP contribution is 2.32. The minimum Gasteiger partial charge on any atom is -0.493 e. The average molecular weight is 302 g/mol. The highest BCUT2D eigenvalue weighted by Gasteiger charge is 2.18. The van der Waals surface area contributed by atoms with Gasteiger partial charge in [0, 0.05) is 6.54 Å². The molecule has 1 aliphatic rings. The van der Waals surface area contributed by atoms with Gasteiger partial charge in [0.05, 0.1) is 19.8 Å². The first-order valence-corrected chi connectivity index (χ1v) is 7.51. The second-order valence-corrected chi connectivity index (χ2v) is 5.25. The SMILES string of the molecule is C#CCNC(=O)NCc1ccc(OC)c(OC2CCCC2)c1. The molecule has 5 heteroatoms. The Morgan fingerprint density at radius 1 is 1.32 bits per heavy atom. The van der Waals surface area contributed by atoms with Crippen LogP contribution in [0.3, 0.4) is 0 Å². The van der Waals surface area contributed by atoms with Gasteiger partial charge in [-0.3, -0.25) is 0 Å². The van der Waals surface area contributed by atoms with E-state index in [2.05, 4.69) is 16.6 Å². The molecule has 2 rings (SSSR count). The highest BCUT2D eigenvalue weighted by atomic mass is 16.5. The van der Waals surface area contributed by atoms with Gasteiger partial charge in [-0.1, -0.05) is 12.0 Å². The smallest absolute Gasteiger partial charge is 0.315 e. The van der Waals surface area contributed by atoms with Gasteiger partial charge in [-0.2, -0.15) is 0 Å². The first-order valence-electron chi connectivity index (χ1n) is 7.51. The Bertz CT molecular complexity index is 545. The molecule has 2 N–H and O–H groups in total. The van der Waals surface area contributed by atoms with Crippen molar-refractivity contribution >= 4 is 6.03 Å². The number of carbonyl (C=O) groups is 1. The molecule has 0 atom stereocenters. The summed E-state index contributed by atoms with van der Waals surface area (Å²) in [7, 11) is 1.63. The van der Waals surface area contributed by atoms with E-state index in [1.807, 2.05) is 18.2 Å². The van der Waals surface area contributed by atoms with Crippen molar-refractivity contribution in [2.75, 3.05) is 13.7 Å². The zero-order valence-electron chi connectivity index (χ0n) is 12.9. The van der Waals surface area contributed by atoms with Gasteiger partial charge in [0.2, 0.25) is 0 Å². The minimum absolute atomic E-state index is 0.213. The molecule has 0 saturated heterocycles. The van der Waals surface area contributed by atoms with Crippen LogP contribution >= 0.6 is 0 Å². The van der Waals surface area contributed by atoms with Crippen molar-refractivity contribution < 1.29 is 14.3 Å². The molecule has 0 aliphatic heterocycles. The Morgan fingerprint density at radius 3 is 2.77 bits per heavy atom. The van der Waals surface area contributed by atoms with Crippen LogP contribution in [0.4, 0.5) is 4.79 Å². The lowest BCUT2D eigenvalue weighted by molar-refractivity contribution is 0.200. The first-order chi connectivity index (χ1) is 10.7. The summed E-state index contributed by atoms with van der Waals surface area (Å²) in [5.74, 6) is 3.80. The maximum absolute atomic E-state index is 11.5. The fraction of sp³-hybridized carbons (Fsp3) is 0.471. The zero-order valence-corrected chi connectivity index (χ0v) is 12.9. The molecule has 1 fully saturated rings. The van der Waals surface area contributed by atoms with Crippen molar-refractivity contribution in [3.63, 3.8) is 0 Å². The Labute approximate surface area is 131 Å². The van der Waals surface area contributed by atoms with Crippen LogP contribution in [0.2, 0.25) is 0 Å². The number of hydrogen-bond donors (Lipinski definition) is 2. The molecule has 1 saturated carbocycles. The van der Waals surface area contributed by atoms with E-state index in [-0.39, 0.29) is 18.7 Å². The molecule has 1 aliphatic carbocycles. The summed E-state index contributed by atoms with van der Waals surface area (Å²) in [6.07, 6.45) is 9.94. The molecular formula is C17H22N2O3. The third-order valence-corrected chi connectivity index (χ3v) is 3.63. The maximum Gasteiger partial charge on any atom is 0.315 e. The second kappa shape index (κ2) is 8.18. The zero-order chi connectivity index (χ0) is 15.8. The van der Waals surface area contributed by atoms with Crippen molar-refractivity contribution in [2.45, 2.75) is 38.3 Å². The average Bonchev–Trinajstić information content (AvgIpc) is 3.04. The lowest BCUT2D eigenvalue weighted by Crippen LogP contribution is -2.35. The fourth-order valence-electron chi connectivity index (χ4n) is 2.49. The standard InChI is InChI=1S/C17H22N2O3/c1-3-10-18-17(20)19-12-13-8-9-15(21-2)16(11-13)22-14-6-4-5-7-14/h1,8-9,11,14H,4-7,10,12H2,2H3,(H2,18,19,20). The molecule has 5 nitrogen and oxygen atoms in total. The summed E-state index contributed by atoms with van der Waals surface area (Å²) in [6.45, 7) is 0.617. The van der Waals surface area contributed by atoms with Crippen molar-refractivity contribution in [1.29, 1.82) is 0 Å². The van der Waals surface area contributed by atoms with Gasteiger partial charge in [-0.25, -0.2) is 4.79 Å². The van der Waals surface area contributed by atoms with Crippen LogP contribution in [0.15, 0.2) is 18.2 Å². The van der Waals surface area contributed by atoms with E-state index >= 15 is 0 Å². The van der Waals surface area contributed by atoms with E-state index in [4.69, 9.17) is 15.9 Å². The van der Waals surface area contributed by atoms with E-state index in [1.54, 1.807) is 7.11 Å². The predicted molar refractivity (Wildman–Crippen MR) is 84.9 cm³/mol. The Hall–Kier alpha value is -2.35. The number of urea groups is 1. The number of rotatable bonds is 6. The van der Waals surface area contributed by atoms with Gasteiger partial charge >= 0.3 is 6.03 Å². The van der Waals surface area contributed by atoms with Gasteiger partial charge in [0.15, 0.2) is 11.5 Å². The van der Waals surface area contributed by atoms with E-state index in [0.717, 1.165) is 24.2 Å². The summed E-state index contributed by atoms with van der Waals surface area (Å²) in [5, 5.41) is 5.31. The normalized spacial score (nSPS) is 14.2.